The second-order valence-electron chi connectivity index (χ2n) is 7.47. The van der Waals surface area contributed by atoms with Gasteiger partial charge in [0.05, 0.1) is 18.8 Å². The number of guanidine groups is 1. The number of aliphatic hydroxyl groups is 2. The van der Waals surface area contributed by atoms with Crippen molar-refractivity contribution in [1.29, 1.82) is 0 Å². The molecule has 14 nitrogen and oxygen atoms in total. The van der Waals surface area contributed by atoms with Crippen molar-refractivity contribution in [3.05, 3.63) is 0 Å². The van der Waals surface area contributed by atoms with Crippen LogP contribution in [0.25, 0.3) is 0 Å². The van der Waals surface area contributed by atoms with E-state index in [4.69, 9.17) is 16.6 Å². The van der Waals surface area contributed by atoms with Gasteiger partial charge in [-0.3, -0.25) is 19.4 Å². The molecule has 0 bridgehead atoms. The van der Waals surface area contributed by atoms with E-state index in [2.05, 4.69) is 26.3 Å². The summed E-state index contributed by atoms with van der Waals surface area (Å²) in [4.78, 5) is 52.5. The van der Waals surface area contributed by atoms with Crippen LogP contribution in [-0.2, 0) is 19.2 Å². The molecule has 1 aliphatic rings. The number of carboxylic acids is 1. The molecule has 1 heterocycles. The molecule has 0 spiro atoms. The van der Waals surface area contributed by atoms with Crippen LogP contribution < -0.4 is 32.7 Å². The molecule has 5 unspecified atom stereocenters. The Bertz CT molecular complexity index is 691. The zero-order valence-corrected chi connectivity index (χ0v) is 17.9. The fourth-order valence-corrected chi connectivity index (χ4v) is 3.06. The maximum Gasteiger partial charge on any atom is 0.328 e. The van der Waals surface area contributed by atoms with Gasteiger partial charge in [-0.05, 0) is 39.2 Å². The Labute approximate surface area is 185 Å². The summed E-state index contributed by atoms with van der Waals surface area (Å²) in [7, 11) is 0. The summed E-state index contributed by atoms with van der Waals surface area (Å²) < 4.78 is 0. The molecule has 0 aromatic rings. The summed E-state index contributed by atoms with van der Waals surface area (Å²) in [5.74, 6) is -3.73. The molecule has 0 aromatic heterocycles. The smallest absolute Gasteiger partial charge is 0.328 e. The molecule has 11 N–H and O–H groups in total. The molecule has 0 aromatic carbocycles. The second kappa shape index (κ2) is 13.4. The van der Waals surface area contributed by atoms with Gasteiger partial charge in [0.25, 0.3) is 0 Å². The van der Waals surface area contributed by atoms with Crippen molar-refractivity contribution in [1.82, 2.24) is 21.3 Å². The van der Waals surface area contributed by atoms with Crippen LogP contribution in [0.2, 0.25) is 0 Å². The Morgan fingerprint density at radius 1 is 1.12 bits per heavy atom. The molecule has 1 aliphatic heterocycles. The van der Waals surface area contributed by atoms with Gasteiger partial charge in [0.2, 0.25) is 17.7 Å². The number of carbonyl (C=O) groups excluding carboxylic acids is 3. The van der Waals surface area contributed by atoms with Crippen LogP contribution >= 0.6 is 0 Å². The number of carboxylic acid groups (broad SMARTS) is 1. The van der Waals surface area contributed by atoms with Crippen LogP contribution in [0, 0.1) is 0 Å². The summed E-state index contributed by atoms with van der Waals surface area (Å²) >= 11 is 0. The number of aliphatic hydroxyl groups excluding tert-OH is 2. The van der Waals surface area contributed by atoms with E-state index >= 15 is 0 Å². The SMILES string of the molecule is CC(O)C(NC(=O)C(CO)NC(=O)C(CCCN=C(N)N)NC(=O)C1CCCN1)C(=O)O. The van der Waals surface area contributed by atoms with Crippen molar-refractivity contribution in [3.8, 4) is 0 Å². The molecule has 0 saturated carbocycles. The molecule has 1 saturated heterocycles. The average molecular weight is 460 g/mol. The maximum absolute atomic E-state index is 12.8. The van der Waals surface area contributed by atoms with Crippen molar-refractivity contribution >= 4 is 29.7 Å². The monoisotopic (exact) mass is 459 g/mol. The van der Waals surface area contributed by atoms with Crippen molar-refractivity contribution in [2.75, 3.05) is 19.7 Å². The number of amides is 3. The molecule has 3 amide bonds. The average Bonchev–Trinajstić information content (AvgIpc) is 3.26. The number of nitrogens with two attached hydrogens (primary N) is 2. The molecular weight excluding hydrogens is 426 g/mol. The lowest BCUT2D eigenvalue weighted by molar-refractivity contribution is -0.145. The molecule has 0 aliphatic carbocycles. The molecule has 182 valence electrons. The van der Waals surface area contributed by atoms with Gasteiger partial charge in [-0.1, -0.05) is 0 Å². The maximum atomic E-state index is 12.8. The topological polar surface area (TPSA) is 241 Å². The van der Waals surface area contributed by atoms with Crippen LogP contribution in [-0.4, -0.2) is 94.9 Å². The van der Waals surface area contributed by atoms with Gasteiger partial charge in [0.15, 0.2) is 12.0 Å². The van der Waals surface area contributed by atoms with Crippen molar-refractivity contribution < 1.29 is 34.5 Å². The summed E-state index contributed by atoms with van der Waals surface area (Å²) in [6.45, 7) is 1.23. The van der Waals surface area contributed by atoms with Crippen LogP contribution in [0.5, 0.6) is 0 Å². The van der Waals surface area contributed by atoms with Crippen molar-refractivity contribution in [3.63, 3.8) is 0 Å². The number of hydrogen-bond acceptors (Lipinski definition) is 8. The minimum Gasteiger partial charge on any atom is -0.480 e. The van der Waals surface area contributed by atoms with Gasteiger partial charge in [-0.25, -0.2) is 4.79 Å². The first-order chi connectivity index (χ1) is 15.1. The minimum atomic E-state index is -1.63. The molecule has 5 atom stereocenters. The first-order valence-corrected chi connectivity index (χ1v) is 10.3. The van der Waals surface area contributed by atoms with E-state index in [-0.39, 0.29) is 24.8 Å². The van der Waals surface area contributed by atoms with Crippen molar-refractivity contribution in [2.24, 2.45) is 16.5 Å². The molecule has 32 heavy (non-hydrogen) atoms. The number of hydrogen-bond donors (Lipinski definition) is 9. The molecule has 1 rings (SSSR count). The lowest BCUT2D eigenvalue weighted by atomic mass is 10.1. The van der Waals surface area contributed by atoms with E-state index in [0.29, 0.717) is 19.4 Å². The van der Waals surface area contributed by atoms with Gasteiger partial charge < -0.3 is 48.1 Å². The van der Waals surface area contributed by atoms with Crippen molar-refractivity contribution in [2.45, 2.75) is 62.9 Å². The minimum absolute atomic E-state index is 0.117. The lowest BCUT2D eigenvalue weighted by Crippen LogP contribution is -2.59. The van der Waals surface area contributed by atoms with E-state index in [1.54, 1.807) is 0 Å². The predicted molar refractivity (Wildman–Crippen MR) is 113 cm³/mol. The Morgan fingerprint density at radius 3 is 2.28 bits per heavy atom. The molecule has 0 radical (unpaired) electrons. The van der Waals surface area contributed by atoms with E-state index in [0.717, 1.165) is 6.42 Å². The van der Waals surface area contributed by atoms with Crippen LogP contribution in [0.1, 0.15) is 32.6 Å². The number of rotatable bonds is 13. The van der Waals surface area contributed by atoms with Gasteiger partial charge in [-0.15, -0.1) is 0 Å². The molecule has 1 fully saturated rings. The first-order valence-electron chi connectivity index (χ1n) is 10.3. The summed E-state index contributed by atoms with van der Waals surface area (Å²) in [6.07, 6.45) is 0.513. The number of nitrogens with zero attached hydrogens (tertiary/aromatic N) is 1. The lowest BCUT2D eigenvalue weighted by Gasteiger charge is -2.24. The number of aliphatic imine (C=N–C) groups is 1. The van der Waals surface area contributed by atoms with Crippen LogP contribution in [0.15, 0.2) is 4.99 Å². The third kappa shape index (κ3) is 9.03. The van der Waals surface area contributed by atoms with Gasteiger partial charge >= 0.3 is 5.97 Å². The molecule has 14 heteroatoms. The highest BCUT2D eigenvalue weighted by Crippen LogP contribution is 2.07. The van der Waals surface area contributed by atoms with Gasteiger partial charge in [-0.2, -0.15) is 0 Å². The fraction of sp³-hybridized carbons (Fsp3) is 0.722. The van der Waals surface area contributed by atoms with Crippen LogP contribution in [0.3, 0.4) is 0 Å². The second-order valence-corrected chi connectivity index (χ2v) is 7.47. The first kappa shape index (κ1) is 27.1. The largest absolute Gasteiger partial charge is 0.480 e. The third-order valence-corrected chi connectivity index (χ3v) is 4.82. The third-order valence-electron chi connectivity index (χ3n) is 4.82. The van der Waals surface area contributed by atoms with E-state index in [1.165, 1.54) is 6.92 Å². The summed E-state index contributed by atoms with van der Waals surface area (Å²) in [5, 5.41) is 38.1. The zero-order valence-electron chi connectivity index (χ0n) is 17.9. The Balaban J connectivity index is 2.82. The van der Waals surface area contributed by atoms with E-state index in [9.17, 15) is 29.4 Å². The van der Waals surface area contributed by atoms with Gasteiger partial charge in [0.1, 0.15) is 12.1 Å². The highest BCUT2D eigenvalue weighted by atomic mass is 16.4. The molecular formula is C18H33N7O7. The normalized spacial score (nSPS) is 19.2. The quantitative estimate of drug-likeness (QED) is 0.0728. The summed E-state index contributed by atoms with van der Waals surface area (Å²) in [5.41, 5.74) is 10.5. The zero-order chi connectivity index (χ0) is 24.3. The fourth-order valence-electron chi connectivity index (χ4n) is 3.06. The van der Waals surface area contributed by atoms with E-state index in [1.807, 2.05) is 0 Å². The Hall–Kier alpha value is -2.97. The Kier molecular flexibility index (Phi) is 11.4. The van der Waals surface area contributed by atoms with Crippen LogP contribution in [0.4, 0.5) is 0 Å². The number of nitrogens with one attached hydrogen (secondary N) is 4. The number of carbonyl (C=O) groups is 4. The summed E-state index contributed by atoms with van der Waals surface area (Å²) in [6, 6.07) is -4.61. The predicted octanol–water partition coefficient (Wildman–Crippen LogP) is -4.30. The highest BCUT2D eigenvalue weighted by Gasteiger charge is 2.32. The highest BCUT2D eigenvalue weighted by molar-refractivity contribution is 5.94. The standard InChI is InChI=1S/C18H33N7O7/c1-9(27)13(17(31)32)25-16(30)12(8-26)24-15(29)11(5-3-7-22-18(19)20)23-14(28)10-4-2-6-21-10/h9-13,21,26-27H,2-8H2,1H3,(H,23,28)(H,24,29)(H,25,30)(H,31,32)(H4,19,20,22). The van der Waals surface area contributed by atoms with E-state index < -0.39 is 54.7 Å². The Morgan fingerprint density at radius 2 is 1.78 bits per heavy atom. The van der Waals surface area contributed by atoms with Gasteiger partial charge in [0, 0.05) is 6.54 Å². The number of aliphatic carboxylic acids is 1.